The van der Waals surface area contributed by atoms with Crippen LogP contribution in [0.1, 0.15) is 13.8 Å². The third kappa shape index (κ3) is 2.62. The van der Waals surface area contributed by atoms with Crippen LogP contribution in [0.25, 0.3) is 0 Å². The van der Waals surface area contributed by atoms with Gasteiger partial charge >= 0.3 is 5.97 Å². The lowest BCUT2D eigenvalue weighted by atomic mass is 10.1. The fourth-order valence-corrected chi connectivity index (χ4v) is 1.73. The molecule has 1 aliphatic heterocycles. The largest absolute Gasteiger partial charge is 0.459 e. The summed E-state index contributed by atoms with van der Waals surface area (Å²) in [7, 11) is 0. The topological polar surface area (TPSA) is 91.2 Å². The van der Waals surface area contributed by atoms with E-state index in [4.69, 9.17) is 10.00 Å². The van der Waals surface area contributed by atoms with Gasteiger partial charge in [-0.25, -0.2) is 4.79 Å². The Balaban J connectivity index is 2.40. The van der Waals surface area contributed by atoms with E-state index in [1.165, 1.54) is 0 Å². The first-order valence-corrected chi connectivity index (χ1v) is 6.05. The number of anilines is 2. The molecule has 1 heterocycles. The number of hydrogen-bond acceptors (Lipinski definition) is 5. The fourth-order valence-electron chi connectivity index (χ4n) is 1.73. The molecule has 2 N–H and O–H groups in total. The van der Waals surface area contributed by atoms with Gasteiger partial charge in [-0.05, 0) is 26.0 Å². The van der Waals surface area contributed by atoms with Crippen molar-refractivity contribution in [1.82, 2.24) is 0 Å². The van der Waals surface area contributed by atoms with E-state index in [1.54, 1.807) is 44.2 Å². The van der Waals surface area contributed by atoms with E-state index < -0.39 is 11.9 Å². The maximum Gasteiger partial charge on any atom is 0.351 e. The highest BCUT2D eigenvalue weighted by atomic mass is 16.5. The summed E-state index contributed by atoms with van der Waals surface area (Å²) in [5.74, 6) is -1.36. The van der Waals surface area contributed by atoms with Crippen molar-refractivity contribution in [3.63, 3.8) is 0 Å². The van der Waals surface area contributed by atoms with Gasteiger partial charge < -0.3 is 15.4 Å². The standard InChI is InChI=1S/C14H13N3O3/c1-8(2)20-14(19)9(7-15)12-13(18)17-11-6-4-3-5-10(11)16-12/h3-6,8,16H,1-2H3,(H,17,18)/b12-9+. The SMILES string of the molecule is CC(C)OC(=O)/C(C#N)=C1/Nc2ccccc2NC1=O. The van der Waals surface area contributed by atoms with Gasteiger partial charge in [-0.1, -0.05) is 12.1 Å². The van der Waals surface area contributed by atoms with Crippen molar-refractivity contribution in [1.29, 1.82) is 5.26 Å². The van der Waals surface area contributed by atoms with E-state index >= 15 is 0 Å². The number of nitrogens with one attached hydrogen (secondary N) is 2. The van der Waals surface area contributed by atoms with Gasteiger partial charge in [0.2, 0.25) is 0 Å². The van der Waals surface area contributed by atoms with E-state index in [0.29, 0.717) is 11.4 Å². The second-order valence-corrected chi connectivity index (χ2v) is 4.44. The van der Waals surface area contributed by atoms with Crippen molar-refractivity contribution in [2.45, 2.75) is 20.0 Å². The summed E-state index contributed by atoms with van der Waals surface area (Å²) in [6.07, 6.45) is -0.370. The van der Waals surface area contributed by atoms with Crippen molar-refractivity contribution >= 4 is 23.3 Å². The molecule has 0 aliphatic carbocycles. The molecule has 20 heavy (non-hydrogen) atoms. The number of carbonyl (C=O) groups excluding carboxylic acids is 2. The first-order chi connectivity index (χ1) is 9.52. The van der Waals surface area contributed by atoms with E-state index in [0.717, 1.165) is 0 Å². The molecule has 6 nitrogen and oxygen atoms in total. The van der Waals surface area contributed by atoms with E-state index in [2.05, 4.69) is 10.6 Å². The van der Waals surface area contributed by atoms with Crippen LogP contribution in [-0.4, -0.2) is 18.0 Å². The van der Waals surface area contributed by atoms with Crippen LogP contribution in [0.15, 0.2) is 35.5 Å². The molecule has 0 spiro atoms. The predicted octanol–water partition coefficient (Wildman–Crippen LogP) is 1.78. The second kappa shape index (κ2) is 5.45. The highest BCUT2D eigenvalue weighted by Crippen LogP contribution is 2.28. The zero-order valence-electron chi connectivity index (χ0n) is 11.1. The number of rotatable bonds is 2. The number of esters is 1. The molecule has 0 saturated heterocycles. The molecule has 102 valence electrons. The molecule has 2 rings (SSSR count). The molecular formula is C14H13N3O3. The molecule has 0 atom stereocenters. The van der Waals surface area contributed by atoms with Crippen LogP contribution in [0.5, 0.6) is 0 Å². The number of fused-ring (bicyclic) bond motifs is 1. The van der Waals surface area contributed by atoms with E-state index in [9.17, 15) is 9.59 Å². The summed E-state index contributed by atoms with van der Waals surface area (Å²) < 4.78 is 4.95. The number of carbonyl (C=O) groups is 2. The molecule has 0 radical (unpaired) electrons. The second-order valence-electron chi connectivity index (χ2n) is 4.44. The summed E-state index contributed by atoms with van der Waals surface area (Å²) >= 11 is 0. The molecule has 0 aromatic heterocycles. The number of benzene rings is 1. The van der Waals surface area contributed by atoms with E-state index in [-0.39, 0.29) is 17.4 Å². The third-order valence-corrected chi connectivity index (χ3v) is 2.57. The normalized spacial score (nSPS) is 15.6. The number of ether oxygens (including phenoxy) is 1. The van der Waals surface area contributed by atoms with Crippen LogP contribution in [0, 0.1) is 11.3 Å². The number of nitrogens with zero attached hydrogens (tertiary/aromatic N) is 1. The highest BCUT2D eigenvalue weighted by Gasteiger charge is 2.27. The van der Waals surface area contributed by atoms with Crippen molar-refractivity contribution in [3.05, 3.63) is 35.5 Å². The number of nitriles is 1. The molecule has 1 aliphatic rings. The van der Waals surface area contributed by atoms with Crippen LogP contribution in [0.2, 0.25) is 0 Å². The fraction of sp³-hybridized carbons (Fsp3) is 0.214. The molecule has 0 unspecified atom stereocenters. The summed E-state index contributed by atoms with van der Waals surface area (Å²) in [6.45, 7) is 3.34. The molecule has 1 aromatic carbocycles. The highest BCUT2D eigenvalue weighted by molar-refractivity contribution is 6.15. The van der Waals surface area contributed by atoms with E-state index in [1.807, 2.05) is 0 Å². The minimum absolute atomic E-state index is 0.100. The molecule has 0 saturated carbocycles. The first-order valence-electron chi connectivity index (χ1n) is 6.05. The third-order valence-electron chi connectivity index (χ3n) is 2.57. The van der Waals surface area contributed by atoms with Crippen LogP contribution < -0.4 is 10.6 Å². The van der Waals surface area contributed by atoms with Crippen LogP contribution in [-0.2, 0) is 14.3 Å². The quantitative estimate of drug-likeness (QED) is 0.486. The van der Waals surface area contributed by atoms with Gasteiger partial charge in [0.15, 0.2) is 5.57 Å². The zero-order valence-corrected chi connectivity index (χ0v) is 11.1. The van der Waals surface area contributed by atoms with Crippen molar-refractivity contribution < 1.29 is 14.3 Å². The number of amides is 1. The van der Waals surface area contributed by atoms with Crippen LogP contribution in [0.4, 0.5) is 11.4 Å². The molecule has 6 heteroatoms. The van der Waals surface area contributed by atoms with Gasteiger partial charge in [-0.3, -0.25) is 4.79 Å². The summed E-state index contributed by atoms with van der Waals surface area (Å²) in [6, 6.07) is 8.72. The Morgan fingerprint density at radius 1 is 1.25 bits per heavy atom. The minimum atomic E-state index is -0.820. The monoisotopic (exact) mass is 271 g/mol. The maximum atomic E-state index is 12.0. The van der Waals surface area contributed by atoms with Gasteiger partial charge in [0.1, 0.15) is 11.8 Å². The van der Waals surface area contributed by atoms with Gasteiger partial charge in [0, 0.05) is 0 Å². The van der Waals surface area contributed by atoms with Crippen molar-refractivity contribution in [2.24, 2.45) is 0 Å². The smallest absolute Gasteiger partial charge is 0.351 e. The molecule has 0 bridgehead atoms. The summed E-state index contributed by atoms with van der Waals surface area (Å²) in [4.78, 5) is 23.8. The summed E-state index contributed by atoms with van der Waals surface area (Å²) in [5, 5.41) is 14.5. The van der Waals surface area contributed by atoms with Gasteiger partial charge in [-0.2, -0.15) is 5.26 Å². The average Bonchev–Trinajstić information content (AvgIpc) is 2.39. The Kier molecular flexibility index (Phi) is 3.71. The predicted molar refractivity (Wildman–Crippen MR) is 72.6 cm³/mol. The van der Waals surface area contributed by atoms with Crippen LogP contribution in [0.3, 0.4) is 0 Å². The minimum Gasteiger partial charge on any atom is -0.459 e. The number of hydrogen-bond donors (Lipinski definition) is 2. The lowest BCUT2D eigenvalue weighted by Crippen LogP contribution is -2.29. The average molecular weight is 271 g/mol. The van der Waals surface area contributed by atoms with Gasteiger partial charge in [0.25, 0.3) is 5.91 Å². The first kappa shape index (κ1) is 13.6. The van der Waals surface area contributed by atoms with Crippen LogP contribution >= 0.6 is 0 Å². The maximum absolute atomic E-state index is 12.0. The number of para-hydroxylation sites is 2. The lowest BCUT2D eigenvalue weighted by Gasteiger charge is -2.21. The zero-order chi connectivity index (χ0) is 14.7. The molecule has 0 fully saturated rings. The Bertz CT molecular complexity index is 641. The molecule has 1 aromatic rings. The summed E-state index contributed by atoms with van der Waals surface area (Å²) in [5.41, 5.74) is 0.769. The Morgan fingerprint density at radius 2 is 1.85 bits per heavy atom. The molecular weight excluding hydrogens is 258 g/mol. The van der Waals surface area contributed by atoms with Crippen molar-refractivity contribution in [3.8, 4) is 6.07 Å². The molecule has 1 amide bonds. The van der Waals surface area contributed by atoms with Gasteiger partial charge in [-0.15, -0.1) is 0 Å². The Morgan fingerprint density at radius 3 is 2.40 bits per heavy atom. The van der Waals surface area contributed by atoms with Crippen molar-refractivity contribution in [2.75, 3.05) is 10.6 Å². The Labute approximate surface area is 116 Å². The van der Waals surface area contributed by atoms with Gasteiger partial charge in [0.05, 0.1) is 17.5 Å². The Hall–Kier alpha value is -2.81. The lowest BCUT2D eigenvalue weighted by molar-refractivity contribution is -0.142.